The molecule has 1 aliphatic carbocycles. The lowest BCUT2D eigenvalue weighted by Gasteiger charge is -2.47. The molecule has 2 fully saturated rings. The molecule has 1 saturated carbocycles. The lowest BCUT2D eigenvalue weighted by molar-refractivity contribution is -0.0333. The van der Waals surface area contributed by atoms with Crippen LogP contribution in [0.2, 0.25) is 0 Å². The Bertz CT molecular complexity index is 579. The minimum Gasteiger partial charge on any atom is -0.495 e. The number of nitrogens with two attached hydrogens (primary N) is 1. The molecule has 0 atom stereocenters. The molecule has 2 aliphatic rings. The first-order valence-electron chi connectivity index (χ1n) is 9.26. The number of methoxy groups -OCH3 is 1. The molecule has 3 N–H and O–H groups in total. The molecule has 0 aromatic heterocycles. The van der Waals surface area contributed by atoms with Crippen LogP contribution < -0.4 is 15.8 Å². The van der Waals surface area contributed by atoms with Crippen LogP contribution in [0.15, 0.2) is 29.3 Å². The van der Waals surface area contributed by atoms with Crippen LogP contribution in [0, 0.1) is 0 Å². The number of para-hydroxylation sites is 2. The third-order valence-corrected chi connectivity index (χ3v) is 5.38. The molecule has 0 amide bonds. The van der Waals surface area contributed by atoms with E-state index in [4.69, 9.17) is 20.2 Å². The summed E-state index contributed by atoms with van der Waals surface area (Å²) in [4.78, 5) is 7.29. The van der Waals surface area contributed by atoms with Gasteiger partial charge in [-0.3, -0.25) is 9.89 Å². The first-order chi connectivity index (χ1) is 12.2. The molecule has 138 valence electrons. The maximum Gasteiger partial charge on any atom is 0.193 e. The number of morpholine rings is 1. The number of ether oxygens (including phenoxy) is 2. The third-order valence-electron chi connectivity index (χ3n) is 5.38. The molecule has 25 heavy (non-hydrogen) atoms. The topological polar surface area (TPSA) is 72.1 Å². The predicted molar refractivity (Wildman–Crippen MR) is 101 cm³/mol. The van der Waals surface area contributed by atoms with Gasteiger partial charge in [-0.1, -0.05) is 31.4 Å². The van der Waals surface area contributed by atoms with E-state index < -0.39 is 0 Å². The van der Waals surface area contributed by atoms with Crippen molar-refractivity contribution in [2.45, 2.75) is 37.6 Å². The van der Waals surface area contributed by atoms with Crippen LogP contribution in [0.5, 0.6) is 5.75 Å². The van der Waals surface area contributed by atoms with Gasteiger partial charge in [-0.05, 0) is 25.0 Å². The van der Waals surface area contributed by atoms with Crippen LogP contribution in [-0.4, -0.2) is 56.4 Å². The van der Waals surface area contributed by atoms with Crippen molar-refractivity contribution >= 4 is 11.6 Å². The average molecular weight is 346 g/mol. The van der Waals surface area contributed by atoms with E-state index in [1.807, 2.05) is 24.3 Å². The summed E-state index contributed by atoms with van der Waals surface area (Å²) in [7, 11) is 1.66. The average Bonchev–Trinajstić information content (AvgIpc) is 2.68. The van der Waals surface area contributed by atoms with E-state index in [2.05, 4.69) is 10.2 Å². The third kappa shape index (κ3) is 4.44. The number of guanidine groups is 1. The number of benzene rings is 1. The molecule has 1 aromatic rings. The van der Waals surface area contributed by atoms with Gasteiger partial charge in [0.2, 0.25) is 0 Å². The second kappa shape index (κ2) is 8.54. The van der Waals surface area contributed by atoms with Gasteiger partial charge < -0.3 is 20.5 Å². The lowest BCUT2D eigenvalue weighted by atomic mass is 9.80. The van der Waals surface area contributed by atoms with Gasteiger partial charge in [0.1, 0.15) is 5.75 Å². The predicted octanol–water partition coefficient (Wildman–Crippen LogP) is 2.46. The molecular formula is C19H30N4O2. The van der Waals surface area contributed by atoms with Crippen molar-refractivity contribution < 1.29 is 9.47 Å². The largest absolute Gasteiger partial charge is 0.495 e. The van der Waals surface area contributed by atoms with Crippen LogP contribution in [0.3, 0.4) is 0 Å². The van der Waals surface area contributed by atoms with Crippen molar-refractivity contribution in [1.29, 1.82) is 0 Å². The Balaban J connectivity index is 1.69. The van der Waals surface area contributed by atoms with E-state index in [0.717, 1.165) is 44.3 Å². The van der Waals surface area contributed by atoms with Gasteiger partial charge >= 0.3 is 0 Å². The SMILES string of the molecule is COc1ccccc1NC(N)=NCC1(N2CCOCC2)CCCCC1. The minimum absolute atomic E-state index is 0.134. The zero-order valence-corrected chi connectivity index (χ0v) is 15.2. The minimum atomic E-state index is 0.134. The summed E-state index contributed by atoms with van der Waals surface area (Å²) in [6.45, 7) is 4.37. The molecule has 1 heterocycles. The zero-order chi connectivity index (χ0) is 17.5. The maximum atomic E-state index is 6.18. The first kappa shape index (κ1) is 18.0. The van der Waals surface area contributed by atoms with Crippen LogP contribution in [0.25, 0.3) is 0 Å². The summed E-state index contributed by atoms with van der Waals surface area (Å²) in [5.41, 5.74) is 7.15. The van der Waals surface area contributed by atoms with Gasteiger partial charge in [0.25, 0.3) is 0 Å². The van der Waals surface area contributed by atoms with Gasteiger partial charge in [0.15, 0.2) is 5.96 Å². The Kier molecular flexibility index (Phi) is 6.15. The number of anilines is 1. The Labute approximate surface area is 150 Å². The van der Waals surface area contributed by atoms with Crippen molar-refractivity contribution in [3.8, 4) is 5.75 Å². The highest BCUT2D eigenvalue weighted by atomic mass is 16.5. The van der Waals surface area contributed by atoms with E-state index in [0.29, 0.717) is 5.96 Å². The van der Waals surface area contributed by atoms with Crippen molar-refractivity contribution in [2.24, 2.45) is 10.7 Å². The number of hydrogen-bond acceptors (Lipinski definition) is 4. The van der Waals surface area contributed by atoms with Gasteiger partial charge in [-0.2, -0.15) is 0 Å². The van der Waals surface area contributed by atoms with Crippen molar-refractivity contribution in [3.63, 3.8) is 0 Å². The highest BCUT2D eigenvalue weighted by Crippen LogP contribution is 2.34. The molecule has 1 saturated heterocycles. The van der Waals surface area contributed by atoms with Gasteiger partial charge in [0, 0.05) is 18.6 Å². The fourth-order valence-electron chi connectivity index (χ4n) is 3.98. The zero-order valence-electron chi connectivity index (χ0n) is 15.2. The van der Waals surface area contributed by atoms with Crippen molar-refractivity contribution in [1.82, 2.24) is 4.90 Å². The van der Waals surface area contributed by atoms with E-state index in [1.165, 1.54) is 32.1 Å². The molecule has 0 spiro atoms. The summed E-state index contributed by atoms with van der Waals surface area (Å²) in [6.07, 6.45) is 6.25. The molecule has 1 aromatic carbocycles. The molecule has 0 bridgehead atoms. The summed E-state index contributed by atoms with van der Waals surface area (Å²) >= 11 is 0. The fourth-order valence-corrected chi connectivity index (χ4v) is 3.98. The Morgan fingerprint density at radius 3 is 2.68 bits per heavy atom. The van der Waals surface area contributed by atoms with E-state index >= 15 is 0 Å². The fraction of sp³-hybridized carbons (Fsp3) is 0.632. The molecule has 0 unspecified atom stereocenters. The van der Waals surface area contributed by atoms with Crippen molar-refractivity contribution in [2.75, 3.05) is 45.3 Å². The highest BCUT2D eigenvalue weighted by molar-refractivity contribution is 5.93. The molecule has 1 aliphatic heterocycles. The Morgan fingerprint density at radius 2 is 1.96 bits per heavy atom. The first-order valence-corrected chi connectivity index (χ1v) is 9.26. The molecule has 6 heteroatoms. The monoisotopic (exact) mass is 346 g/mol. The van der Waals surface area contributed by atoms with Gasteiger partial charge in [0.05, 0.1) is 32.6 Å². The smallest absolute Gasteiger partial charge is 0.193 e. The molecular weight excluding hydrogens is 316 g/mol. The Morgan fingerprint density at radius 1 is 1.24 bits per heavy atom. The van der Waals surface area contributed by atoms with E-state index in [-0.39, 0.29) is 5.54 Å². The second-order valence-corrected chi connectivity index (χ2v) is 6.91. The number of hydrogen-bond donors (Lipinski definition) is 2. The number of nitrogens with zero attached hydrogens (tertiary/aromatic N) is 2. The summed E-state index contributed by atoms with van der Waals surface area (Å²) in [5.74, 6) is 1.21. The van der Waals surface area contributed by atoms with E-state index in [9.17, 15) is 0 Å². The number of aliphatic imine (C=N–C) groups is 1. The van der Waals surface area contributed by atoms with Crippen LogP contribution in [0.1, 0.15) is 32.1 Å². The number of rotatable bonds is 5. The Hall–Kier alpha value is -1.79. The van der Waals surface area contributed by atoms with E-state index in [1.54, 1.807) is 7.11 Å². The summed E-state index contributed by atoms with van der Waals surface area (Å²) in [5, 5.41) is 3.18. The quantitative estimate of drug-likeness (QED) is 0.633. The molecule has 6 nitrogen and oxygen atoms in total. The second-order valence-electron chi connectivity index (χ2n) is 6.91. The van der Waals surface area contributed by atoms with Crippen LogP contribution in [0.4, 0.5) is 5.69 Å². The van der Waals surface area contributed by atoms with Crippen LogP contribution >= 0.6 is 0 Å². The van der Waals surface area contributed by atoms with Gasteiger partial charge in [-0.15, -0.1) is 0 Å². The van der Waals surface area contributed by atoms with Gasteiger partial charge in [-0.25, -0.2) is 0 Å². The lowest BCUT2D eigenvalue weighted by Crippen LogP contribution is -2.56. The highest BCUT2D eigenvalue weighted by Gasteiger charge is 2.38. The maximum absolute atomic E-state index is 6.18. The molecule has 3 rings (SSSR count). The molecule has 0 radical (unpaired) electrons. The summed E-state index contributed by atoms with van der Waals surface area (Å²) < 4.78 is 10.9. The summed E-state index contributed by atoms with van der Waals surface area (Å²) in [6, 6.07) is 7.74. The number of nitrogens with one attached hydrogen (secondary N) is 1. The van der Waals surface area contributed by atoms with Crippen molar-refractivity contribution in [3.05, 3.63) is 24.3 Å². The normalized spacial score (nSPS) is 21.7. The standard InChI is InChI=1S/C19H30N4O2/c1-24-17-8-4-3-7-16(17)22-18(20)21-15-19(9-5-2-6-10-19)23-11-13-25-14-12-23/h3-4,7-8H,2,5-6,9-15H2,1H3,(H3,20,21,22). The van der Waals surface area contributed by atoms with Crippen LogP contribution in [-0.2, 0) is 4.74 Å².